The number of hydrogen-bond acceptors (Lipinski definition) is 2. The first-order chi connectivity index (χ1) is 11.9. The standard InChI is InChI=1S/C22H29NO2/c1-15(2)13-21(19-9-7-6-8-10-19)23-22(24)18(5)25-20-12-11-16(3)17(4)14-20/h6-12,14-15,18,21H,13H2,1-5H3,(H,23,24)/t18-,21+/m0/s1. The van der Waals surface area contributed by atoms with Crippen LogP contribution in [0.25, 0.3) is 0 Å². The lowest BCUT2D eigenvalue weighted by molar-refractivity contribution is -0.128. The van der Waals surface area contributed by atoms with Crippen LogP contribution in [-0.4, -0.2) is 12.0 Å². The second kappa shape index (κ2) is 8.70. The molecule has 1 N–H and O–H groups in total. The predicted molar refractivity (Wildman–Crippen MR) is 103 cm³/mol. The number of amides is 1. The maximum absolute atomic E-state index is 12.6. The van der Waals surface area contributed by atoms with Crippen LogP contribution in [-0.2, 0) is 4.79 Å². The molecule has 0 saturated carbocycles. The Kier molecular flexibility index (Phi) is 6.63. The highest BCUT2D eigenvalue weighted by molar-refractivity contribution is 5.81. The van der Waals surface area contributed by atoms with E-state index in [-0.39, 0.29) is 11.9 Å². The Morgan fingerprint density at radius 3 is 2.28 bits per heavy atom. The highest BCUT2D eigenvalue weighted by Crippen LogP contribution is 2.22. The van der Waals surface area contributed by atoms with E-state index >= 15 is 0 Å². The van der Waals surface area contributed by atoms with Crippen molar-refractivity contribution in [3.05, 3.63) is 65.2 Å². The van der Waals surface area contributed by atoms with E-state index in [1.807, 2.05) is 43.3 Å². The van der Waals surface area contributed by atoms with Gasteiger partial charge in [0.1, 0.15) is 5.75 Å². The minimum Gasteiger partial charge on any atom is -0.481 e. The summed E-state index contributed by atoms with van der Waals surface area (Å²) in [5, 5.41) is 3.15. The Hall–Kier alpha value is -2.29. The van der Waals surface area contributed by atoms with Crippen molar-refractivity contribution >= 4 is 5.91 Å². The molecule has 0 fully saturated rings. The number of ether oxygens (including phenoxy) is 1. The van der Waals surface area contributed by atoms with Crippen molar-refractivity contribution < 1.29 is 9.53 Å². The van der Waals surface area contributed by atoms with Crippen molar-refractivity contribution in [3.8, 4) is 5.75 Å². The van der Waals surface area contributed by atoms with E-state index < -0.39 is 6.10 Å². The topological polar surface area (TPSA) is 38.3 Å². The van der Waals surface area contributed by atoms with Gasteiger partial charge in [-0.05, 0) is 61.9 Å². The van der Waals surface area contributed by atoms with Crippen molar-refractivity contribution in [3.63, 3.8) is 0 Å². The summed E-state index contributed by atoms with van der Waals surface area (Å²) in [4.78, 5) is 12.6. The Labute approximate surface area is 151 Å². The molecule has 0 aliphatic carbocycles. The molecule has 2 atom stereocenters. The summed E-state index contributed by atoms with van der Waals surface area (Å²) in [6, 6.07) is 16.0. The quantitative estimate of drug-likeness (QED) is 0.773. The average Bonchev–Trinajstić information content (AvgIpc) is 2.58. The molecule has 0 aliphatic rings. The molecule has 0 aromatic heterocycles. The van der Waals surface area contributed by atoms with Gasteiger partial charge >= 0.3 is 0 Å². The van der Waals surface area contributed by atoms with Crippen LogP contribution in [0.3, 0.4) is 0 Å². The first-order valence-corrected chi connectivity index (χ1v) is 8.96. The summed E-state index contributed by atoms with van der Waals surface area (Å²) in [6.45, 7) is 10.2. The van der Waals surface area contributed by atoms with E-state index in [1.165, 1.54) is 5.56 Å². The average molecular weight is 339 g/mol. The summed E-state index contributed by atoms with van der Waals surface area (Å²) in [6.07, 6.45) is 0.354. The Morgan fingerprint density at radius 2 is 1.68 bits per heavy atom. The van der Waals surface area contributed by atoms with Gasteiger partial charge in [-0.3, -0.25) is 4.79 Å². The zero-order valence-electron chi connectivity index (χ0n) is 15.9. The molecule has 1 amide bonds. The number of carbonyl (C=O) groups excluding carboxylic acids is 1. The smallest absolute Gasteiger partial charge is 0.261 e. The fourth-order valence-electron chi connectivity index (χ4n) is 2.77. The van der Waals surface area contributed by atoms with Crippen molar-refractivity contribution in [1.29, 1.82) is 0 Å². The molecule has 2 aromatic rings. The third-order valence-electron chi connectivity index (χ3n) is 4.39. The Morgan fingerprint density at radius 1 is 1.00 bits per heavy atom. The van der Waals surface area contributed by atoms with Gasteiger partial charge in [-0.25, -0.2) is 0 Å². The molecule has 3 heteroatoms. The SMILES string of the molecule is Cc1ccc(O[C@@H](C)C(=O)N[C@H](CC(C)C)c2ccccc2)cc1C. The van der Waals surface area contributed by atoms with Crippen molar-refractivity contribution in [2.45, 2.75) is 53.2 Å². The van der Waals surface area contributed by atoms with Crippen molar-refractivity contribution in [2.24, 2.45) is 5.92 Å². The third-order valence-corrected chi connectivity index (χ3v) is 4.39. The predicted octanol–water partition coefficient (Wildman–Crippen LogP) is 4.97. The lowest BCUT2D eigenvalue weighted by atomic mass is 9.97. The number of rotatable bonds is 7. The molecule has 0 heterocycles. The summed E-state index contributed by atoms with van der Waals surface area (Å²) < 4.78 is 5.84. The normalized spacial score (nSPS) is 13.4. The first-order valence-electron chi connectivity index (χ1n) is 8.96. The van der Waals surface area contributed by atoms with E-state index in [9.17, 15) is 4.79 Å². The van der Waals surface area contributed by atoms with Gasteiger partial charge in [0.15, 0.2) is 6.10 Å². The van der Waals surface area contributed by atoms with Crippen LogP contribution in [0.1, 0.15) is 49.9 Å². The first kappa shape index (κ1) is 19.0. The van der Waals surface area contributed by atoms with Crippen LogP contribution in [0.5, 0.6) is 5.75 Å². The summed E-state index contributed by atoms with van der Waals surface area (Å²) in [5.74, 6) is 1.13. The molecule has 134 valence electrons. The fourth-order valence-corrected chi connectivity index (χ4v) is 2.77. The van der Waals surface area contributed by atoms with Crippen molar-refractivity contribution in [1.82, 2.24) is 5.32 Å². The molecule has 0 unspecified atom stereocenters. The lowest BCUT2D eigenvalue weighted by Crippen LogP contribution is -2.39. The molecule has 0 saturated heterocycles. The second-order valence-electron chi connectivity index (χ2n) is 7.11. The maximum Gasteiger partial charge on any atom is 0.261 e. The monoisotopic (exact) mass is 339 g/mol. The zero-order chi connectivity index (χ0) is 18.4. The highest BCUT2D eigenvalue weighted by Gasteiger charge is 2.21. The molecule has 25 heavy (non-hydrogen) atoms. The minimum absolute atomic E-state index is 0.000459. The van der Waals surface area contributed by atoms with Gasteiger partial charge in [0.05, 0.1) is 6.04 Å². The molecule has 0 radical (unpaired) electrons. The van der Waals surface area contributed by atoms with Gasteiger partial charge in [0.25, 0.3) is 5.91 Å². The van der Waals surface area contributed by atoms with Gasteiger partial charge in [0.2, 0.25) is 0 Å². The van der Waals surface area contributed by atoms with Crippen LogP contribution >= 0.6 is 0 Å². The Balaban J connectivity index is 2.05. The summed E-state index contributed by atoms with van der Waals surface area (Å²) in [5.41, 5.74) is 3.50. The van der Waals surface area contributed by atoms with E-state index in [0.717, 1.165) is 23.3 Å². The number of aryl methyl sites for hydroxylation is 2. The number of carbonyl (C=O) groups is 1. The summed E-state index contributed by atoms with van der Waals surface area (Å²) >= 11 is 0. The summed E-state index contributed by atoms with van der Waals surface area (Å²) in [7, 11) is 0. The van der Waals surface area contributed by atoms with Gasteiger partial charge in [0, 0.05) is 0 Å². The number of benzene rings is 2. The molecule has 3 nitrogen and oxygen atoms in total. The highest BCUT2D eigenvalue weighted by atomic mass is 16.5. The molecular formula is C22H29NO2. The van der Waals surface area contributed by atoms with Gasteiger partial charge in [-0.1, -0.05) is 50.2 Å². The van der Waals surface area contributed by atoms with Crippen LogP contribution < -0.4 is 10.1 Å². The molecule has 0 bridgehead atoms. The van der Waals surface area contributed by atoms with E-state index in [2.05, 4.69) is 38.2 Å². The number of hydrogen-bond donors (Lipinski definition) is 1. The van der Waals surface area contributed by atoms with Gasteiger partial charge in [-0.15, -0.1) is 0 Å². The fraction of sp³-hybridized carbons (Fsp3) is 0.409. The molecule has 2 aromatic carbocycles. The second-order valence-corrected chi connectivity index (χ2v) is 7.11. The maximum atomic E-state index is 12.6. The third kappa shape index (κ3) is 5.63. The van der Waals surface area contributed by atoms with Gasteiger partial charge < -0.3 is 10.1 Å². The van der Waals surface area contributed by atoms with Gasteiger partial charge in [-0.2, -0.15) is 0 Å². The molecular weight excluding hydrogens is 310 g/mol. The molecule has 0 aliphatic heterocycles. The van der Waals surface area contributed by atoms with E-state index in [0.29, 0.717) is 5.92 Å². The van der Waals surface area contributed by atoms with E-state index in [4.69, 9.17) is 4.74 Å². The molecule has 2 rings (SSSR count). The zero-order valence-corrected chi connectivity index (χ0v) is 15.9. The minimum atomic E-state index is -0.541. The largest absolute Gasteiger partial charge is 0.481 e. The van der Waals surface area contributed by atoms with Crippen LogP contribution in [0.15, 0.2) is 48.5 Å². The van der Waals surface area contributed by atoms with Crippen LogP contribution in [0.2, 0.25) is 0 Å². The number of nitrogens with one attached hydrogen (secondary N) is 1. The van der Waals surface area contributed by atoms with Crippen LogP contribution in [0.4, 0.5) is 0 Å². The lowest BCUT2D eigenvalue weighted by Gasteiger charge is -2.23. The molecule has 0 spiro atoms. The van der Waals surface area contributed by atoms with Crippen molar-refractivity contribution in [2.75, 3.05) is 0 Å². The van der Waals surface area contributed by atoms with E-state index in [1.54, 1.807) is 6.92 Å². The van der Waals surface area contributed by atoms with Crippen LogP contribution in [0, 0.1) is 19.8 Å². The Bertz CT molecular complexity index is 694.